The summed E-state index contributed by atoms with van der Waals surface area (Å²) in [5.74, 6) is -0.356. The maximum atomic E-state index is 11.9. The number of carbonyl (C=O) groups excluding carboxylic acids is 1. The molecule has 0 radical (unpaired) electrons. The minimum Gasteiger partial charge on any atom is -0.350 e. The lowest BCUT2D eigenvalue weighted by Gasteiger charge is -2.10. The molecule has 7 heteroatoms. The molecule has 6 nitrogen and oxygen atoms in total. The van der Waals surface area contributed by atoms with Crippen LogP contribution in [0.5, 0.6) is 0 Å². The molecule has 0 bridgehead atoms. The highest BCUT2D eigenvalue weighted by Crippen LogP contribution is 2.19. The van der Waals surface area contributed by atoms with Crippen molar-refractivity contribution in [3.8, 4) is 0 Å². The van der Waals surface area contributed by atoms with E-state index in [0.717, 1.165) is 4.88 Å². The van der Waals surface area contributed by atoms with E-state index >= 15 is 0 Å². The highest BCUT2D eigenvalue weighted by Gasteiger charge is 2.18. The number of rotatable bonds is 5. The van der Waals surface area contributed by atoms with Crippen LogP contribution < -0.4 is 11.1 Å². The number of para-hydroxylation sites is 1. The first-order valence-electron chi connectivity index (χ1n) is 5.88. The molecule has 104 valence electrons. The largest absolute Gasteiger partial charge is 0.350 e. The van der Waals surface area contributed by atoms with Gasteiger partial charge >= 0.3 is 0 Å². The molecule has 2 aromatic rings. The third kappa shape index (κ3) is 3.19. The number of hydrogen-bond acceptors (Lipinski definition) is 5. The molecule has 1 amide bonds. The molecular weight excluding hydrogens is 278 g/mol. The van der Waals surface area contributed by atoms with Gasteiger partial charge in [-0.15, -0.1) is 11.3 Å². The Bertz CT molecular complexity index is 613. The molecule has 0 aliphatic carbocycles. The average molecular weight is 291 g/mol. The van der Waals surface area contributed by atoms with Crippen LogP contribution in [-0.4, -0.2) is 10.8 Å². The van der Waals surface area contributed by atoms with Gasteiger partial charge in [-0.25, -0.2) is 0 Å². The average Bonchev–Trinajstić information content (AvgIpc) is 2.98. The molecule has 1 atom stereocenters. The second kappa shape index (κ2) is 6.27. The lowest BCUT2D eigenvalue weighted by Crippen LogP contribution is -2.33. The van der Waals surface area contributed by atoms with Crippen LogP contribution in [0, 0.1) is 10.1 Å². The zero-order chi connectivity index (χ0) is 14.5. The molecule has 0 saturated heterocycles. The number of benzene rings is 1. The molecule has 0 aliphatic heterocycles. The van der Waals surface area contributed by atoms with E-state index in [4.69, 9.17) is 5.73 Å². The van der Waals surface area contributed by atoms with E-state index in [1.165, 1.54) is 17.4 Å². The monoisotopic (exact) mass is 291 g/mol. The highest BCUT2D eigenvalue weighted by molar-refractivity contribution is 7.10. The van der Waals surface area contributed by atoms with Gasteiger partial charge in [-0.05, 0) is 11.4 Å². The first-order valence-corrected chi connectivity index (χ1v) is 6.76. The van der Waals surface area contributed by atoms with E-state index in [0.29, 0.717) is 5.56 Å². The van der Waals surface area contributed by atoms with Gasteiger partial charge < -0.3 is 11.1 Å². The summed E-state index contributed by atoms with van der Waals surface area (Å²) in [6, 6.07) is 9.12. The smallest absolute Gasteiger partial charge is 0.274 e. The number of carbonyl (C=O) groups is 1. The standard InChI is InChI=1S/C13H13N3O3S/c14-12(11-6-3-7-20-11)13(17)15-8-9-4-1-2-5-10(9)16(18)19/h1-7,12H,8,14H2,(H,15,17). The first kappa shape index (κ1) is 14.2. The van der Waals surface area contributed by atoms with Gasteiger partial charge in [0.1, 0.15) is 6.04 Å². The summed E-state index contributed by atoms with van der Waals surface area (Å²) < 4.78 is 0. The number of hydrogen-bond donors (Lipinski definition) is 2. The van der Waals surface area contributed by atoms with Crippen molar-refractivity contribution in [2.45, 2.75) is 12.6 Å². The van der Waals surface area contributed by atoms with E-state index in [9.17, 15) is 14.9 Å². The SMILES string of the molecule is NC(C(=O)NCc1ccccc1[N+](=O)[O-])c1cccs1. The minimum absolute atomic E-state index is 0.0162. The van der Waals surface area contributed by atoms with Gasteiger partial charge in [-0.1, -0.05) is 24.3 Å². The van der Waals surface area contributed by atoms with Crippen molar-refractivity contribution < 1.29 is 9.72 Å². The maximum Gasteiger partial charge on any atom is 0.274 e. The molecule has 2 rings (SSSR count). The number of thiophene rings is 1. The Kier molecular flexibility index (Phi) is 4.44. The number of nitro benzene ring substituents is 1. The number of nitro groups is 1. The molecule has 1 heterocycles. The quantitative estimate of drug-likeness (QED) is 0.650. The topological polar surface area (TPSA) is 98.3 Å². The predicted molar refractivity (Wildman–Crippen MR) is 76.2 cm³/mol. The van der Waals surface area contributed by atoms with Gasteiger partial charge in [0, 0.05) is 23.1 Å². The predicted octanol–water partition coefficient (Wildman–Crippen LogP) is 1.97. The third-order valence-corrected chi connectivity index (χ3v) is 3.73. The molecule has 0 aliphatic rings. The summed E-state index contributed by atoms with van der Waals surface area (Å²) in [5.41, 5.74) is 6.24. The van der Waals surface area contributed by atoms with Crippen molar-refractivity contribution in [1.82, 2.24) is 5.32 Å². The van der Waals surface area contributed by atoms with E-state index in [1.807, 2.05) is 11.4 Å². The van der Waals surface area contributed by atoms with Crippen molar-refractivity contribution >= 4 is 22.9 Å². The fourth-order valence-electron chi connectivity index (χ4n) is 1.73. The van der Waals surface area contributed by atoms with Crippen molar-refractivity contribution in [2.75, 3.05) is 0 Å². The van der Waals surface area contributed by atoms with E-state index in [2.05, 4.69) is 5.32 Å². The minimum atomic E-state index is -0.752. The molecule has 1 unspecified atom stereocenters. The Balaban J connectivity index is 2.02. The first-order chi connectivity index (χ1) is 9.59. The second-order valence-corrected chi connectivity index (χ2v) is 5.08. The zero-order valence-corrected chi connectivity index (χ0v) is 11.3. The molecule has 0 fully saturated rings. The molecule has 1 aromatic heterocycles. The molecule has 20 heavy (non-hydrogen) atoms. The van der Waals surface area contributed by atoms with Crippen molar-refractivity contribution in [3.63, 3.8) is 0 Å². The van der Waals surface area contributed by atoms with Crippen molar-refractivity contribution in [1.29, 1.82) is 0 Å². The maximum absolute atomic E-state index is 11.9. The zero-order valence-electron chi connectivity index (χ0n) is 10.5. The molecule has 1 aromatic carbocycles. The Morgan fingerprint density at radius 1 is 1.35 bits per heavy atom. The highest BCUT2D eigenvalue weighted by atomic mass is 32.1. The van der Waals surface area contributed by atoms with Gasteiger partial charge in [0.2, 0.25) is 5.91 Å². The molecule has 0 saturated carbocycles. The van der Waals surface area contributed by atoms with Crippen LogP contribution in [0.1, 0.15) is 16.5 Å². The van der Waals surface area contributed by atoms with Crippen LogP contribution in [0.2, 0.25) is 0 Å². The Hall–Kier alpha value is -2.25. The van der Waals surface area contributed by atoms with Crippen LogP contribution in [-0.2, 0) is 11.3 Å². The number of amides is 1. The van der Waals surface area contributed by atoms with Crippen LogP contribution >= 0.6 is 11.3 Å². The van der Waals surface area contributed by atoms with Gasteiger partial charge in [-0.2, -0.15) is 0 Å². The molecule has 3 N–H and O–H groups in total. The second-order valence-electron chi connectivity index (χ2n) is 4.10. The molecule has 0 spiro atoms. The summed E-state index contributed by atoms with van der Waals surface area (Å²) >= 11 is 1.40. The van der Waals surface area contributed by atoms with Gasteiger partial charge in [-0.3, -0.25) is 14.9 Å². The number of nitrogens with zero attached hydrogens (tertiary/aromatic N) is 1. The van der Waals surface area contributed by atoms with E-state index in [1.54, 1.807) is 24.3 Å². The fourth-order valence-corrected chi connectivity index (χ4v) is 2.45. The van der Waals surface area contributed by atoms with Crippen LogP contribution in [0.3, 0.4) is 0 Å². The number of nitrogens with two attached hydrogens (primary N) is 1. The number of nitrogens with one attached hydrogen (secondary N) is 1. The molecular formula is C13H13N3O3S. The normalized spacial score (nSPS) is 11.8. The van der Waals surface area contributed by atoms with Gasteiger partial charge in [0.25, 0.3) is 5.69 Å². The van der Waals surface area contributed by atoms with E-state index < -0.39 is 11.0 Å². The summed E-state index contributed by atoms with van der Waals surface area (Å²) in [6.07, 6.45) is 0. The lowest BCUT2D eigenvalue weighted by atomic mass is 10.1. The van der Waals surface area contributed by atoms with Gasteiger partial charge in [0.15, 0.2) is 0 Å². The third-order valence-electron chi connectivity index (χ3n) is 2.77. The Morgan fingerprint density at radius 2 is 2.10 bits per heavy atom. The Labute approximate surface area is 119 Å². The summed E-state index contributed by atoms with van der Waals surface area (Å²) in [7, 11) is 0. The van der Waals surface area contributed by atoms with Crippen LogP contribution in [0.25, 0.3) is 0 Å². The van der Waals surface area contributed by atoms with Crippen molar-refractivity contribution in [3.05, 3.63) is 62.3 Å². The van der Waals surface area contributed by atoms with Crippen molar-refractivity contribution in [2.24, 2.45) is 5.73 Å². The Morgan fingerprint density at radius 3 is 2.75 bits per heavy atom. The van der Waals surface area contributed by atoms with Crippen LogP contribution in [0.4, 0.5) is 5.69 Å². The lowest BCUT2D eigenvalue weighted by molar-refractivity contribution is -0.385. The van der Waals surface area contributed by atoms with Crippen LogP contribution in [0.15, 0.2) is 41.8 Å². The van der Waals surface area contributed by atoms with E-state index in [-0.39, 0.29) is 18.1 Å². The summed E-state index contributed by atoms with van der Waals surface area (Å²) in [6.45, 7) is 0.0784. The summed E-state index contributed by atoms with van der Waals surface area (Å²) in [4.78, 5) is 23.0. The summed E-state index contributed by atoms with van der Waals surface area (Å²) in [5, 5.41) is 15.3. The fraction of sp³-hybridized carbons (Fsp3) is 0.154. The van der Waals surface area contributed by atoms with Gasteiger partial charge in [0.05, 0.1) is 4.92 Å².